The van der Waals surface area contributed by atoms with E-state index < -0.39 is 11.7 Å². The molecule has 1 aromatic carbocycles. The van der Waals surface area contributed by atoms with Crippen molar-refractivity contribution in [2.24, 2.45) is 0 Å². The molecular formula is C15H7Br4Cl2F3N2. The maximum absolute atomic E-state index is 12.9. The van der Waals surface area contributed by atoms with E-state index in [4.69, 9.17) is 23.2 Å². The largest absolute Gasteiger partial charge is 0.416 e. The molecule has 0 aliphatic heterocycles. The van der Waals surface area contributed by atoms with E-state index in [0.717, 1.165) is 24.1 Å². The van der Waals surface area contributed by atoms with Crippen LogP contribution in [-0.2, 0) is 6.18 Å². The molecule has 0 amide bonds. The lowest BCUT2D eigenvalue weighted by atomic mass is 10.1. The first-order valence-electron chi connectivity index (χ1n) is 6.97. The lowest BCUT2D eigenvalue weighted by Crippen LogP contribution is -2.07. The number of hydrogen-bond acceptors (Lipinski definition) is 1. The molecule has 1 fully saturated rings. The smallest absolute Gasteiger partial charge is 0.237 e. The van der Waals surface area contributed by atoms with Gasteiger partial charge in [-0.1, -0.05) is 55.1 Å². The second-order valence-electron chi connectivity index (χ2n) is 5.65. The fourth-order valence-corrected chi connectivity index (χ4v) is 4.73. The minimum Gasteiger partial charge on any atom is -0.237 e. The van der Waals surface area contributed by atoms with Crippen molar-refractivity contribution >= 4 is 93.0 Å². The SMILES string of the molecule is FC(F)(F)c1cc(Cl)c(-n2cc(C3CC3(Br)Br)c(C=C(Br)Br)n2)c(Cl)c1. The highest BCUT2D eigenvalue weighted by atomic mass is 79.9. The summed E-state index contributed by atoms with van der Waals surface area (Å²) in [7, 11) is 0. The maximum atomic E-state index is 12.9. The van der Waals surface area contributed by atoms with Gasteiger partial charge in [0.2, 0.25) is 0 Å². The monoisotopic (exact) mass is 658 g/mol. The van der Waals surface area contributed by atoms with E-state index in [-0.39, 0.29) is 24.9 Å². The number of alkyl halides is 5. The molecule has 1 aliphatic carbocycles. The van der Waals surface area contributed by atoms with Crippen LogP contribution >= 0.6 is 86.9 Å². The Morgan fingerprint density at radius 3 is 2.19 bits per heavy atom. The van der Waals surface area contributed by atoms with Gasteiger partial charge in [0.05, 0.1) is 27.9 Å². The van der Waals surface area contributed by atoms with Crippen molar-refractivity contribution in [3.63, 3.8) is 0 Å². The quantitative estimate of drug-likeness (QED) is 0.303. The van der Waals surface area contributed by atoms with Gasteiger partial charge >= 0.3 is 6.18 Å². The Labute approximate surface area is 190 Å². The molecular weight excluding hydrogens is 656 g/mol. The Kier molecular flexibility index (Phi) is 6.00. The van der Waals surface area contributed by atoms with Gasteiger partial charge in [0.1, 0.15) is 5.69 Å². The first-order chi connectivity index (χ1) is 11.9. The predicted molar refractivity (Wildman–Crippen MR) is 112 cm³/mol. The van der Waals surface area contributed by atoms with E-state index in [9.17, 15) is 13.2 Å². The number of aromatic nitrogens is 2. The van der Waals surface area contributed by atoms with Crippen LogP contribution in [0.25, 0.3) is 11.8 Å². The van der Waals surface area contributed by atoms with Gasteiger partial charge in [-0.2, -0.15) is 18.3 Å². The first-order valence-corrected chi connectivity index (χ1v) is 10.9. The first kappa shape index (κ1) is 21.2. The molecule has 1 aromatic heterocycles. The average Bonchev–Trinajstić information content (AvgIpc) is 2.91. The molecule has 140 valence electrons. The Morgan fingerprint density at radius 1 is 1.23 bits per heavy atom. The Morgan fingerprint density at radius 2 is 1.77 bits per heavy atom. The fourth-order valence-electron chi connectivity index (χ4n) is 2.50. The number of hydrogen-bond donors (Lipinski definition) is 0. The van der Waals surface area contributed by atoms with Crippen molar-refractivity contribution in [2.75, 3.05) is 0 Å². The standard InChI is InChI=1S/C15H7Br4Cl2F3N2/c16-12(17)3-11-7(8-4-14(8,18)19)5-26(25-11)13-9(20)1-6(2-10(13)21)15(22,23)24/h1-3,5,8H,4H2. The van der Waals surface area contributed by atoms with Gasteiger partial charge in [-0.3, -0.25) is 0 Å². The highest BCUT2D eigenvalue weighted by Crippen LogP contribution is 2.63. The molecule has 2 aromatic rings. The third-order valence-corrected chi connectivity index (χ3v) is 6.58. The molecule has 3 rings (SSSR count). The van der Waals surface area contributed by atoms with Gasteiger partial charge in [-0.15, -0.1) is 0 Å². The van der Waals surface area contributed by atoms with Crippen LogP contribution in [0.1, 0.15) is 29.2 Å². The normalized spacial score (nSPS) is 18.7. The minimum atomic E-state index is -4.53. The van der Waals surface area contributed by atoms with Crippen LogP contribution in [0.4, 0.5) is 13.2 Å². The topological polar surface area (TPSA) is 17.8 Å². The summed E-state index contributed by atoms with van der Waals surface area (Å²) in [6, 6.07) is 1.69. The predicted octanol–water partition coefficient (Wildman–Crippen LogP) is 8.26. The van der Waals surface area contributed by atoms with Crippen molar-refractivity contribution in [1.29, 1.82) is 0 Å². The van der Waals surface area contributed by atoms with Gasteiger partial charge < -0.3 is 0 Å². The number of nitrogens with zero attached hydrogens (tertiary/aromatic N) is 2. The molecule has 1 saturated carbocycles. The Bertz CT molecular complexity index is 882. The van der Waals surface area contributed by atoms with Crippen LogP contribution in [0.15, 0.2) is 21.7 Å². The molecule has 26 heavy (non-hydrogen) atoms. The van der Waals surface area contributed by atoms with Crippen LogP contribution in [0.2, 0.25) is 10.0 Å². The Balaban J connectivity index is 2.12. The molecule has 1 heterocycles. The number of rotatable bonds is 3. The van der Waals surface area contributed by atoms with Crippen LogP contribution in [-0.4, -0.2) is 13.0 Å². The molecule has 1 aliphatic rings. The van der Waals surface area contributed by atoms with Crippen LogP contribution in [0.3, 0.4) is 0 Å². The second kappa shape index (κ2) is 7.37. The van der Waals surface area contributed by atoms with Crippen LogP contribution in [0, 0.1) is 0 Å². The molecule has 0 saturated heterocycles. The summed E-state index contributed by atoms with van der Waals surface area (Å²) in [5, 5.41) is 4.18. The summed E-state index contributed by atoms with van der Waals surface area (Å²) in [6.45, 7) is 0. The highest BCUT2D eigenvalue weighted by molar-refractivity contribution is 9.28. The maximum Gasteiger partial charge on any atom is 0.416 e. The molecule has 2 nitrogen and oxygen atoms in total. The minimum absolute atomic E-state index is 0.132. The van der Waals surface area contributed by atoms with E-state index in [1.54, 1.807) is 12.3 Å². The zero-order chi connectivity index (χ0) is 19.4. The van der Waals surface area contributed by atoms with Crippen molar-refractivity contribution in [3.8, 4) is 5.69 Å². The molecule has 1 atom stereocenters. The Hall–Kier alpha value is 0.460. The van der Waals surface area contributed by atoms with Crippen molar-refractivity contribution in [2.45, 2.75) is 21.7 Å². The average molecular weight is 663 g/mol. The lowest BCUT2D eigenvalue weighted by molar-refractivity contribution is -0.137. The zero-order valence-electron chi connectivity index (χ0n) is 12.4. The van der Waals surface area contributed by atoms with Gasteiger partial charge in [0.25, 0.3) is 0 Å². The van der Waals surface area contributed by atoms with Gasteiger partial charge in [-0.25, -0.2) is 4.68 Å². The van der Waals surface area contributed by atoms with Crippen LogP contribution < -0.4 is 0 Å². The third-order valence-electron chi connectivity index (χ3n) is 3.79. The lowest BCUT2D eigenvalue weighted by Gasteiger charge is -2.12. The summed E-state index contributed by atoms with van der Waals surface area (Å²) < 4.78 is 40.6. The fraction of sp³-hybridized carbons (Fsp3) is 0.267. The van der Waals surface area contributed by atoms with Crippen molar-refractivity contribution < 1.29 is 13.2 Å². The zero-order valence-corrected chi connectivity index (χ0v) is 20.2. The summed E-state index contributed by atoms with van der Waals surface area (Å²) >= 11 is 25.9. The molecule has 0 spiro atoms. The van der Waals surface area contributed by atoms with Gasteiger partial charge in [0, 0.05) is 17.7 Å². The van der Waals surface area contributed by atoms with Gasteiger partial charge in [-0.05, 0) is 56.5 Å². The highest BCUT2D eigenvalue weighted by Gasteiger charge is 2.52. The molecule has 0 N–H and O–H groups in total. The summed E-state index contributed by atoms with van der Waals surface area (Å²) in [6.07, 6.45) is -0.209. The van der Waals surface area contributed by atoms with Crippen LogP contribution in [0.5, 0.6) is 0 Å². The summed E-state index contributed by atoms with van der Waals surface area (Å²) in [4.78, 5) is 0. The number of halogens is 9. The van der Waals surface area contributed by atoms with E-state index >= 15 is 0 Å². The van der Waals surface area contributed by atoms with E-state index in [2.05, 4.69) is 68.8 Å². The third kappa shape index (κ3) is 4.38. The molecule has 11 heteroatoms. The van der Waals surface area contributed by atoms with Gasteiger partial charge in [0.15, 0.2) is 0 Å². The second-order valence-corrected chi connectivity index (χ2v) is 13.1. The summed E-state index contributed by atoms with van der Waals surface area (Å²) in [5.74, 6) is 0.147. The molecule has 0 bridgehead atoms. The molecule has 1 unspecified atom stereocenters. The van der Waals surface area contributed by atoms with Crippen molar-refractivity contribution in [1.82, 2.24) is 9.78 Å². The summed E-state index contributed by atoms with van der Waals surface area (Å²) in [5.41, 5.74) is 0.839. The number of benzene rings is 1. The van der Waals surface area contributed by atoms with E-state index in [1.807, 2.05) is 0 Å². The molecule has 0 radical (unpaired) electrons. The van der Waals surface area contributed by atoms with Crippen molar-refractivity contribution in [3.05, 3.63) is 48.6 Å². The van der Waals surface area contributed by atoms with E-state index in [0.29, 0.717) is 9.09 Å². The van der Waals surface area contributed by atoms with E-state index in [1.165, 1.54) is 4.68 Å².